The van der Waals surface area contributed by atoms with Crippen LogP contribution in [-0.2, 0) is 6.42 Å². The van der Waals surface area contributed by atoms with Crippen molar-refractivity contribution in [2.75, 3.05) is 0 Å². The summed E-state index contributed by atoms with van der Waals surface area (Å²) in [4.78, 5) is 4.18. The Morgan fingerprint density at radius 3 is 2.61 bits per heavy atom. The topological polar surface area (TPSA) is 43.8 Å². The third kappa shape index (κ3) is 2.43. The largest absolute Gasteiger partial charge is 0.328 e. The molecular formula is C14H18FN3. The number of rotatable bonds is 3. The smallest absolute Gasteiger partial charge is 0.147 e. The zero-order chi connectivity index (χ0) is 13.3. The fourth-order valence-electron chi connectivity index (χ4n) is 1.99. The van der Waals surface area contributed by atoms with Gasteiger partial charge in [0.2, 0.25) is 0 Å². The Bertz CT molecular complexity index is 558. The molecule has 1 atom stereocenters. The zero-order valence-electron chi connectivity index (χ0n) is 10.9. The van der Waals surface area contributed by atoms with Crippen molar-refractivity contribution in [2.45, 2.75) is 33.2 Å². The van der Waals surface area contributed by atoms with E-state index < -0.39 is 0 Å². The highest BCUT2D eigenvalue weighted by Crippen LogP contribution is 2.19. The summed E-state index contributed by atoms with van der Waals surface area (Å²) in [7, 11) is 0. The molecule has 1 aromatic carbocycles. The molecule has 1 unspecified atom stereocenters. The van der Waals surface area contributed by atoms with Gasteiger partial charge in [-0.1, -0.05) is 6.07 Å². The molecule has 1 heterocycles. The third-order valence-corrected chi connectivity index (χ3v) is 3.08. The molecule has 2 N–H and O–H groups in total. The average Bonchev–Trinajstić information content (AvgIpc) is 2.60. The number of benzene rings is 1. The Morgan fingerprint density at radius 1 is 1.39 bits per heavy atom. The highest BCUT2D eigenvalue weighted by atomic mass is 19.1. The molecule has 0 aliphatic rings. The summed E-state index contributed by atoms with van der Waals surface area (Å²) in [6.07, 6.45) is 2.33. The molecule has 0 amide bonds. The Kier molecular flexibility index (Phi) is 3.48. The molecule has 1 aromatic heterocycles. The number of hydrogen-bond acceptors (Lipinski definition) is 2. The molecule has 4 heteroatoms. The lowest BCUT2D eigenvalue weighted by Crippen LogP contribution is -2.17. The van der Waals surface area contributed by atoms with E-state index in [0.29, 0.717) is 12.1 Å². The van der Waals surface area contributed by atoms with Gasteiger partial charge in [-0.15, -0.1) is 0 Å². The van der Waals surface area contributed by atoms with Gasteiger partial charge in [0.1, 0.15) is 5.82 Å². The molecule has 0 fully saturated rings. The van der Waals surface area contributed by atoms with E-state index in [-0.39, 0.29) is 11.9 Å². The van der Waals surface area contributed by atoms with Crippen molar-refractivity contribution in [1.82, 2.24) is 9.55 Å². The van der Waals surface area contributed by atoms with Crippen molar-refractivity contribution in [3.63, 3.8) is 0 Å². The monoisotopic (exact) mass is 247 g/mol. The van der Waals surface area contributed by atoms with Crippen LogP contribution in [0.15, 0.2) is 24.5 Å². The van der Waals surface area contributed by atoms with Crippen molar-refractivity contribution in [1.29, 1.82) is 0 Å². The van der Waals surface area contributed by atoms with Crippen molar-refractivity contribution in [3.05, 3.63) is 47.3 Å². The average molecular weight is 247 g/mol. The molecule has 0 saturated carbocycles. The number of aromatic nitrogens is 2. The predicted molar refractivity (Wildman–Crippen MR) is 70.3 cm³/mol. The first-order valence-corrected chi connectivity index (χ1v) is 6.04. The van der Waals surface area contributed by atoms with Crippen molar-refractivity contribution in [2.24, 2.45) is 5.73 Å². The minimum Gasteiger partial charge on any atom is -0.328 e. The maximum absolute atomic E-state index is 14.1. The van der Waals surface area contributed by atoms with Gasteiger partial charge in [0.25, 0.3) is 0 Å². The summed E-state index contributed by atoms with van der Waals surface area (Å²) in [5.74, 6) is -0.242. The normalized spacial score (nSPS) is 12.7. The van der Waals surface area contributed by atoms with Crippen LogP contribution in [0.1, 0.15) is 23.9 Å². The van der Waals surface area contributed by atoms with E-state index in [2.05, 4.69) is 4.98 Å². The van der Waals surface area contributed by atoms with E-state index >= 15 is 0 Å². The minimum absolute atomic E-state index is 0.0347. The van der Waals surface area contributed by atoms with E-state index in [9.17, 15) is 4.39 Å². The van der Waals surface area contributed by atoms with Crippen LogP contribution in [0.5, 0.6) is 0 Å². The van der Waals surface area contributed by atoms with Crippen LogP contribution in [0.3, 0.4) is 0 Å². The minimum atomic E-state index is -0.242. The Hall–Kier alpha value is -1.68. The van der Waals surface area contributed by atoms with Gasteiger partial charge in [0, 0.05) is 11.7 Å². The maximum atomic E-state index is 14.1. The SMILES string of the molecule is Cc1ncn(-c2ccc(CC(C)N)cc2F)c1C. The fraction of sp³-hybridized carbons (Fsp3) is 0.357. The third-order valence-electron chi connectivity index (χ3n) is 3.08. The van der Waals surface area contributed by atoms with Crippen molar-refractivity contribution in [3.8, 4) is 5.69 Å². The molecule has 0 aliphatic carbocycles. The Balaban J connectivity index is 2.38. The lowest BCUT2D eigenvalue weighted by Gasteiger charge is -2.10. The first kappa shape index (κ1) is 12.8. The van der Waals surface area contributed by atoms with Gasteiger partial charge < -0.3 is 10.3 Å². The molecule has 0 aliphatic heterocycles. The van der Waals surface area contributed by atoms with E-state index in [1.165, 1.54) is 0 Å². The molecule has 96 valence electrons. The second-order valence-corrected chi connectivity index (χ2v) is 4.75. The number of imidazole rings is 1. The molecule has 0 radical (unpaired) electrons. The van der Waals surface area contributed by atoms with Crippen LogP contribution in [0.2, 0.25) is 0 Å². The Morgan fingerprint density at radius 2 is 2.11 bits per heavy atom. The second kappa shape index (κ2) is 4.90. The van der Waals surface area contributed by atoms with Gasteiger partial charge in [-0.25, -0.2) is 9.37 Å². The van der Waals surface area contributed by atoms with Crippen LogP contribution in [-0.4, -0.2) is 15.6 Å². The summed E-state index contributed by atoms with van der Waals surface area (Å²) >= 11 is 0. The predicted octanol–water partition coefficient (Wildman–Crippen LogP) is 2.52. The number of nitrogens with zero attached hydrogens (tertiary/aromatic N) is 2. The lowest BCUT2D eigenvalue weighted by atomic mass is 10.1. The number of hydrogen-bond donors (Lipinski definition) is 1. The molecule has 0 saturated heterocycles. The number of aryl methyl sites for hydroxylation is 1. The van der Waals surface area contributed by atoms with Gasteiger partial charge in [-0.2, -0.15) is 0 Å². The summed E-state index contributed by atoms with van der Waals surface area (Å²) in [6, 6.07) is 5.28. The Labute approximate surface area is 106 Å². The van der Waals surface area contributed by atoms with E-state index in [1.807, 2.05) is 26.8 Å². The standard InChI is InChI=1S/C14H18FN3/c1-9(16)6-12-4-5-14(13(15)7-12)18-8-17-10(2)11(18)3/h4-5,7-9H,6,16H2,1-3H3. The van der Waals surface area contributed by atoms with E-state index in [0.717, 1.165) is 17.0 Å². The molecular weight excluding hydrogens is 229 g/mol. The molecule has 2 rings (SSSR count). The van der Waals surface area contributed by atoms with Crippen LogP contribution in [0, 0.1) is 19.7 Å². The highest BCUT2D eigenvalue weighted by Gasteiger charge is 2.10. The molecule has 3 nitrogen and oxygen atoms in total. The maximum Gasteiger partial charge on any atom is 0.147 e. The second-order valence-electron chi connectivity index (χ2n) is 4.75. The quantitative estimate of drug-likeness (QED) is 0.905. The summed E-state index contributed by atoms with van der Waals surface area (Å²) < 4.78 is 15.9. The van der Waals surface area contributed by atoms with Crippen molar-refractivity contribution >= 4 is 0 Å². The van der Waals surface area contributed by atoms with E-state index in [4.69, 9.17) is 5.73 Å². The zero-order valence-corrected chi connectivity index (χ0v) is 10.9. The summed E-state index contributed by atoms with van der Waals surface area (Å²) in [5, 5.41) is 0. The molecule has 18 heavy (non-hydrogen) atoms. The van der Waals surface area contributed by atoms with Gasteiger partial charge in [0.15, 0.2) is 0 Å². The molecule has 2 aromatic rings. The molecule has 0 spiro atoms. The van der Waals surface area contributed by atoms with Crippen LogP contribution in [0.4, 0.5) is 4.39 Å². The molecule has 0 bridgehead atoms. The first-order valence-electron chi connectivity index (χ1n) is 6.04. The van der Waals surface area contributed by atoms with Gasteiger partial charge in [-0.3, -0.25) is 0 Å². The summed E-state index contributed by atoms with van der Waals surface area (Å²) in [5.41, 5.74) is 9.02. The van der Waals surface area contributed by atoms with Crippen LogP contribution in [0.25, 0.3) is 5.69 Å². The fourth-order valence-corrected chi connectivity index (χ4v) is 1.99. The van der Waals surface area contributed by atoms with Crippen LogP contribution < -0.4 is 5.73 Å². The lowest BCUT2D eigenvalue weighted by molar-refractivity contribution is 0.612. The number of halogens is 1. The van der Waals surface area contributed by atoms with Gasteiger partial charge in [-0.05, 0) is 44.9 Å². The first-order chi connectivity index (χ1) is 8.49. The van der Waals surface area contributed by atoms with Gasteiger partial charge >= 0.3 is 0 Å². The van der Waals surface area contributed by atoms with Crippen molar-refractivity contribution < 1.29 is 4.39 Å². The summed E-state index contributed by atoms with van der Waals surface area (Å²) in [6.45, 7) is 5.75. The van der Waals surface area contributed by atoms with E-state index in [1.54, 1.807) is 23.0 Å². The number of nitrogens with two attached hydrogens (primary N) is 1. The van der Waals surface area contributed by atoms with Crippen LogP contribution >= 0.6 is 0 Å². The highest BCUT2D eigenvalue weighted by molar-refractivity contribution is 5.39. The van der Waals surface area contributed by atoms with Gasteiger partial charge in [0.05, 0.1) is 17.7 Å².